The van der Waals surface area contributed by atoms with Crippen molar-refractivity contribution in [1.29, 1.82) is 0 Å². The molecule has 9 aromatic carbocycles. The molecule has 0 aliphatic heterocycles. The van der Waals surface area contributed by atoms with Gasteiger partial charge in [-0.15, -0.1) is 0 Å². The maximum Gasteiger partial charge on any atom is 0.0620 e. The average molecular weight is 639 g/mol. The fraction of sp³-hybridized carbons (Fsp3) is 0.0417. The van der Waals surface area contributed by atoms with Gasteiger partial charge in [0.1, 0.15) is 0 Å². The molecule has 50 heavy (non-hydrogen) atoms. The van der Waals surface area contributed by atoms with Crippen molar-refractivity contribution in [1.82, 2.24) is 4.57 Å². The molecule has 0 atom stereocenters. The van der Waals surface area contributed by atoms with Gasteiger partial charge in [0.25, 0.3) is 0 Å². The maximum atomic E-state index is 2.45. The van der Waals surface area contributed by atoms with Crippen molar-refractivity contribution in [2.75, 3.05) is 4.90 Å². The zero-order valence-electron chi connectivity index (χ0n) is 28.1. The number of hydrogen-bond donors (Lipinski definition) is 0. The van der Waals surface area contributed by atoms with Gasteiger partial charge >= 0.3 is 0 Å². The van der Waals surface area contributed by atoms with Crippen molar-refractivity contribution in [2.24, 2.45) is 0 Å². The van der Waals surface area contributed by atoms with Gasteiger partial charge in [-0.05, 0) is 113 Å². The number of fused-ring (bicyclic) bond motifs is 4. The van der Waals surface area contributed by atoms with Crippen molar-refractivity contribution in [3.63, 3.8) is 0 Å². The Morgan fingerprint density at radius 3 is 1.68 bits per heavy atom. The van der Waals surface area contributed by atoms with Gasteiger partial charge in [0.05, 0.1) is 11.0 Å². The topological polar surface area (TPSA) is 8.17 Å². The Hall–Kier alpha value is -6.38. The Bertz CT molecular complexity index is 2800. The minimum absolute atomic E-state index is 1.13. The van der Waals surface area contributed by atoms with E-state index < -0.39 is 0 Å². The van der Waals surface area contributed by atoms with Crippen molar-refractivity contribution < 1.29 is 0 Å². The second kappa shape index (κ2) is 11.1. The monoisotopic (exact) mass is 638 g/mol. The summed E-state index contributed by atoms with van der Waals surface area (Å²) in [6.07, 6.45) is 0. The molecule has 0 radical (unpaired) electrons. The van der Waals surface area contributed by atoms with Crippen LogP contribution in [0.4, 0.5) is 17.1 Å². The zero-order chi connectivity index (χ0) is 33.3. The van der Waals surface area contributed by atoms with E-state index in [1.807, 2.05) is 0 Å². The van der Waals surface area contributed by atoms with E-state index in [0.29, 0.717) is 0 Å². The van der Waals surface area contributed by atoms with Crippen LogP contribution in [0.2, 0.25) is 0 Å². The molecule has 0 unspecified atom stereocenters. The van der Waals surface area contributed by atoms with Crippen LogP contribution in [0.1, 0.15) is 11.1 Å². The number of benzene rings is 9. The molecule has 236 valence electrons. The molecule has 0 aliphatic rings. The highest BCUT2D eigenvalue weighted by Crippen LogP contribution is 2.45. The van der Waals surface area contributed by atoms with Crippen LogP contribution in [0.5, 0.6) is 0 Å². The number of aryl methyl sites for hydroxylation is 2. The molecule has 10 rings (SSSR count). The fourth-order valence-electron chi connectivity index (χ4n) is 8.05. The van der Waals surface area contributed by atoms with Gasteiger partial charge in [-0.2, -0.15) is 0 Å². The molecule has 2 heteroatoms. The quantitative estimate of drug-likeness (QED) is 0.170. The normalized spacial score (nSPS) is 11.8. The molecule has 0 saturated heterocycles. The molecule has 1 heterocycles. The molecule has 0 saturated carbocycles. The molecule has 0 amide bonds. The Balaban J connectivity index is 1.17. The lowest BCUT2D eigenvalue weighted by molar-refractivity contribution is 1.19. The number of rotatable bonds is 5. The third-order valence-corrected chi connectivity index (χ3v) is 10.4. The SMILES string of the molecule is Cc1ccc(N(c2ccc(C)cc2)c2ccc(-c3ccc4ccc5c6c(ccc3c46)cc3c4ccccc4n(-c4ccccc4)c35)cc2)cc1. The number of anilines is 3. The second-order valence-corrected chi connectivity index (χ2v) is 13.5. The number of para-hydroxylation sites is 2. The van der Waals surface area contributed by atoms with E-state index in [-0.39, 0.29) is 0 Å². The van der Waals surface area contributed by atoms with Gasteiger partial charge in [0, 0.05) is 38.9 Å². The first-order valence-corrected chi connectivity index (χ1v) is 17.4. The van der Waals surface area contributed by atoms with Gasteiger partial charge in [-0.25, -0.2) is 0 Å². The lowest BCUT2D eigenvalue weighted by Crippen LogP contribution is -2.09. The van der Waals surface area contributed by atoms with Gasteiger partial charge < -0.3 is 9.47 Å². The molecule has 10 aromatic rings. The lowest BCUT2D eigenvalue weighted by atomic mass is 9.89. The van der Waals surface area contributed by atoms with Gasteiger partial charge in [-0.1, -0.05) is 120 Å². The first kappa shape index (κ1) is 28.6. The predicted molar refractivity (Wildman–Crippen MR) is 214 cm³/mol. The summed E-state index contributed by atoms with van der Waals surface area (Å²) in [4.78, 5) is 2.34. The third kappa shape index (κ3) is 4.35. The average Bonchev–Trinajstić information content (AvgIpc) is 3.50. The second-order valence-electron chi connectivity index (χ2n) is 13.5. The summed E-state index contributed by atoms with van der Waals surface area (Å²) in [6.45, 7) is 4.27. The Labute approximate surface area is 291 Å². The predicted octanol–water partition coefficient (Wildman–Crippen LogP) is 13.4. The molecule has 0 spiro atoms. The summed E-state index contributed by atoms with van der Waals surface area (Å²) in [6, 6.07) is 62.5. The number of nitrogens with zero attached hydrogens (tertiary/aromatic N) is 2. The highest BCUT2D eigenvalue weighted by Gasteiger charge is 2.20. The van der Waals surface area contributed by atoms with E-state index in [2.05, 4.69) is 193 Å². The Morgan fingerprint density at radius 2 is 0.980 bits per heavy atom. The molecule has 1 aromatic heterocycles. The zero-order valence-corrected chi connectivity index (χ0v) is 28.1. The van der Waals surface area contributed by atoms with Crippen molar-refractivity contribution >= 4 is 71.2 Å². The van der Waals surface area contributed by atoms with E-state index in [1.165, 1.54) is 82.1 Å². The molecule has 0 N–H and O–H groups in total. The Morgan fingerprint density at radius 1 is 0.420 bits per heavy atom. The van der Waals surface area contributed by atoms with Crippen molar-refractivity contribution in [3.05, 3.63) is 181 Å². The van der Waals surface area contributed by atoms with Crippen molar-refractivity contribution in [2.45, 2.75) is 13.8 Å². The van der Waals surface area contributed by atoms with Crippen LogP contribution >= 0.6 is 0 Å². The third-order valence-electron chi connectivity index (χ3n) is 10.4. The summed E-state index contributed by atoms with van der Waals surface area (Å²) in [5.41, 5.74) is 12.1. The van der Waals surface area contributed by atoms with E-state index in [4.69, 9.17) is 0 Å². The lowest BCUT2D eigenvalue weighted by Gasteiger charge is -2.26. The van der Waals surface area contributed by atoms with E-state index in [1.54, 1.807) is 0 Å². The van der Waals surface area contributed by atoms with Crippen LogP contribution in [0, 0.1) is 13.8 Å². The van der Waals surface area contributed by atoms with Gasteiger partial charge in [0.2, 0.25) is 0 Å². The number of hydrogen-bond acceptors (Lipinski definition) is 1. The van der Waals surface area contributed by atoms with Crippen LogP contribution in [0.25, 0.3) is 70.9 Å². The smallest absolute Gasteiger partial charge is 0.0620 e. The van der Waals surface area contributed by atoms with Gasteiger partial charge in [-0.3, -0.25) is 0 Å². The van der Waals surface area contributed by atoms with Crippen LogP contribution in [-0.4, -0.2) is 4.57 Å². The standard InChI is InChI=1S/C48H34N2/c1-31-12-21-37(22-13-31)49(38-23-14-32(2)15-24-38)39-25-16-33(17-26-39)40-27-18-34-19-29-43-47-35(20-28-42(40)46(34)47)30-44-41-10-6-7-11-45(41)50(48(43)44)36-8-4-3-5-9-36/h3-30H,1-2H3. The maximum absolute atomic E-state index is 2.45. The van der Waals surface area contributed by atoms with Crippen LogP contribution in [0.3, 0.4) is 0 Å². The van der Waals surface area contributed by atoms with E-state index >= 15 is 0 Å². The van der Waals surface area contributed by atoms with Crippen LogP contribution < -0.4 is 4.90 Å². The molecule has 0 bridgehead atoms. The van der Waals surface area contributed by atoms with Crippen molar-refractivity contribution in [3.8, 4) is 16.8 Å². The number of aromatic nitrogens is 1. The summed E-state index contributed by atoms with van der Waals surface area (Å²) < 4.78 is 2.45. The first-order chi connectivity index (χ1) is 24.6. The summed E-state index contributed by atoms with van der Waals surface area (Å²) in [5, 5.41) is 10.3. The first-order valence-electron chi connectivity index (χ1n) is 17.4. The molecule has 0 fully saturated rings. The van der Waals surface area contributed by atoms with Crippen LogP contribution in [-0.2, 0) is 0 Å². The largest absolute Gasteiger partial charge is 0.311 e. The summed E-state index contributed by atoms with van der Waals surface area (Å²) >= 11 is 0. The minimum atomic E-state index is 1.13. The van der Waals surface area contributed by atoms with E-state index in [0.717, 1.165) is 17.1 Å². The van der Waals surface area contributed by atoms with E-state index in [9.17, 15) is 0 Å². The highest BCUT2D eigenvalue weighted by molar-refractivity contribution is 6.32. The van der Waals surface area contributed by atoms with Gasteiger partial charge in [0.15, 0.2) is 0 Å². The minimum Gasteiger partial charge on any atom is -0.311 e. The fourth-order valence-corrected chi connectivity index (χ4v) is 8.05. The van der Waals surface area contributed by atoms with Crippen LogP contribution in [0.15, 0.2) is 170 Å². The Kier molecular flexibility index (Phi) is 6.34. The molecular weight excluding hydrogens is 605 g/mol. The molecule has 2 nitrogen and oxygen atoms in total. The summed E-state index contributed by atoms with van der Waals surface area (Å²) in [7, 11) is 0. The highest BCUT2D eigenvalue weighted by atomic mass is 15.1. The summed E-state index contributed by atoms with van der Waals surface area (Å²) in [5.74, 6) is 0. The molecular formula is C48H34N2. The molecule has 0 aliphatic carbocycles.